The van der Waals surface area contributed by atoms with Gasteiger partial charge in [0.15, 0.2) is 5.79 Å². The molecule has 2 aromatic carbocycles. The maximum absolute atomic E-state index is 13.1. The van der Waals surface area contributed by atoms with Gasteiger partial charge in [-0.25, -0.2) is 0 Å². The molecule has 34 heavy (non-hydrogen) atoms. The van der Waals surface area contributed by atoms with Gasteiger partial charge in [-0.3, -0.25) is 9.36 Å². The van der Waals surface area contributed by atoms with Crippen LogP contribution in [0.15, 0.2) is 47.3 Å². The van der Waals surface area contributed by atoms with Crippen molar-refractivity contribution in [3.05, 3.63) is 74.8 Å². The number of aromatic nitrogens is 2. The maximum atomic E-state index is 13.1. The van der Waals surface area contributed by atoms with Crippen molar-refractivity contribution in [2.45, 2.75) is 62.6 Å². The molecule has 1 aromatic heterocycles. The lowest BCUT2D eigenvalue weighted by Crippen LogP contribution is -2.32. The van der Waals surface area contributed by atoms with E-state index in [-0.39, 0.29) is 11.0 Å². The van der Waals surface area contributed by atoms with E-state index in [4.69, 9.17) is 26.1 Å². The molecule has 2 spiro atoms. The quantitative estimate of drug-likeness (QED) is 0.439. The largest absolute Gasteiger partial charge is 0.347 e. The van der Waals surface area contributed by atoms with E-state index in [1.54, 1.807) is 6.07 Å². The molecule has 3 aromatic rings. The summed E-state index contributed by atoms with van der Waals surface area (Å²) >= 11 is 6.47. The highest BCUT2D eigenvalue weighted by Crippen LogP contribution is 2.52. The van der Waals surface area contributed by atoms with Gasteiger partial charge in [-0.2, -0.15) is 4.98 Å². The SMILES string of the molecule is O=c1nc2n(c3cccc(Cl)c13)-c1ccc(C3=CCC4(CC3)OCCO4)cc1C21CCCCC1. The third kappa shape index (κ3) is 2.87. The fourth-order valence-electron chi connectivity index (χ4n) is 6.70. The van der Waals surface area contributed by atoms with E-state index in [2.05, 4.69) is 28.8 Å². The molecular weight excluding hydrogens is 448 g/mol. The summed E-state index contributed by atoms with van der Waals surface area (Å²) in [6.45, 7) is 1.37. The van der Waals surface area contributed by atoms with Crippen LogP contribution in [0.2, 0.25) is 5.02 Å². The normalized spacial score (nSPS) is 22.2. The zero-order valence-corrected chi connectivity index (χ0v) is 19.9. The first-order chi connectivity index (χ1) is 16.6. The maximum Gasteiger partial charge on any atom is 0.282 e. The number of hydrogen-bond donors (Lipinski definition) is 0. The van der Waals surface area contributed by atoms with Crippen molar-refractivity contribution in [1.82, 2.24) is 9.55 Å². The Bertz CT molecular complexity index is 1410. The van der Waals surface area contributed by atoms with Crippen molar-refractivity contribution in [3.63, 3.8) is 0 Å². The minimum atomic E-state index is -0.413. The summed E-state index contributed by atoms with van der Waals surface area (Å²) in [4.78, 5) is 17.8. The van der Waals surface area contributed by atoms with E-state index >= 15 is 0 Å². The van der Waals surface area contributed by atoms with Gasteiger partial charge in [-0.05, 0) is 60.2 Å². The van der Waals surface area contributed by atoms with Crippen molar-refractivity contribution < 1.29 is 9.47 Å². The molecule has 0 amide bonds. The Labute approximate surface area is 203 Å². The fourth-order valence-corrected chi connectivity index (χ4v) is 6.95. The Morgan fingerprint density at radius 3 is 2.59 bits per heavy atom. The summed E-state index contributed by atoms with van der Waals surface area (Å²) in [6.07, 6.45) is 10.5. The third-order valence-electron chi connectivity index (χ3n) is 8.37. The van der Waals surface area contributed by atoms with Gasteiger partial charge in [0, 0.05) is 12.8 Å². The molecule has 0 atom stereocenters. The molecule has 5 nitrogen and oxygen atoms in total. The van der Waals surface area contributed by atoms with Gasteiger partial charge >= 0.3 is 0 Å². The van der Waals surface area contributed by atoms with E-state index in [1.165, 1.54) is 23.1 Å². The van der Waals surface area contributed by atoms with Gasteiger partial charge in [0.1, 0.15) is 5.82 Å². The highest BCUT2D eigenvalue weighted by atomic mass is 35.5. The molecule has 0 bridgehead atoms. The van der Waals surface area contributed by atoms with Crippen LogP contribution in [0.5, 0.6) is 0 Å². The zero-order valence-electron chi connectivity index (χ0n) is 19.1. The molecule has 7 rings (SSSR count). The number of ether oxygens (including phenoxy) is 2. The number of fused-ring (bicyclic) bond motifs is 7. The van der Waals surface area contributed by atoms with Crippen LogP contribution in [-0.4, -0.2) is 28.6 Å². The zero-order chi connectivity index (χ0) is 22.9. The first-order valence-electron chi connectivity index (χ1n) is 12.4. The Morgan fingerprint density at radius 2 is 1.82 bits per heavy atom. The highest BCUT2D eigenvalue weighted by Gasteiger charge is 2.47. The van der Waals surface area contributed by atoms with Crippen LogP contribution in [0, 0.1) is 0 Å². The first kappa shape index (κ1) is 20.9. The van der Waals surface area contributed by atoms with Gasteiger partial charge in [0.2, 0.25) is 0 Å². The van der Waals surface area contributed by atoms with Crippen LogP contribution in [-0.2, 0) is 14.9 Å². The van der Waals surface area contributed by atoms with Crippen molar-refractivity contribution in [3.8, 4) is 5.69 Å². The molecule has 4 aliphatic rings. The number of nitrogens with zero attached hydrogens (tertiary/aromatic N) is 2. The molecule has 2 aliphatic carbocycles. The van der Waals surface area contributed by atoms with Gasteiger partial charge in [-0.15, -0.1) is 0 Å². The highest BCUT2D eigenvalue weighted by molar-refractivity contribution is 6.35. The molecule has 0 radical (unpaired) electrons. The molecule has 0 N–H and O–H groups in total. The van der Waals surface area contributed by atoms with Crippen molar-refractivity contribution >= 4 is 28.1 Å². The van der Waals surface area contributed by atoms with E-state index < -0.39 is 5.79 Å². The van der Waals surface area contributed by atoms with Gasteiger partial charge in [-0.1, -0.05) is 49.1 Å². The van der Waals surface area contributed by atoms with Crippen molar-refractivity contribution in [2.75, 3.05) is 13.2 Å². The van der Waals surface area contributed by atoms with Gasteiger partial charge < -0.3 is 9.47 Å². The van der Waals surface area contributed by atoms with Crippen LogP contribution in [0.25, 0.3) is 22.2 Å². The van der Waals surface area contributed by atoms with Gasteiger partial charge in [0.25, 0.3) is 5.56 Å². The molecule has 1 saturated carbocycles. The smallest absolute Gasteiger partial charge is 0.282 e. The summed E-state index contributed by atoms with van der Waals surface area (Å²) in [5, 5.41) is 0.971. The predicted octanol–water partition coefficient (Wildman–Crippen LogP) is 5.91. The lowest BCUT2D eigenvalue weighted by atomic mass is 9.69. The summed E-state index contributed by atoms with van der Waals surface area (Å²) in [7, 11) is 0. The summed E-state index contributed by atoms with van der Waals surface area (Å²) in [5.74, 6) is 0.479. The van der Waals surface area contributed by atoms with Crippen LogP contribution >= 0.6 is 11.6 Å². The standard InChI is InChI=1S/C28H27ClN2O3/c29-21-5-4-6-23-24(21)25(32)30-26-27(11-2-1-3-12-27)20-17-19(7-8-22(20)31(23)26)18-9-13-28(14-10-18)33-15-16-34-28/h4-9,17H,1-3,10-16H2. The molecule has 3 heterocycles. The predicted molar refractivity (Wildman–Crippen MR) is 133 cm³/mol. The lowest BCUT2D eigenvalue weighted by molar-refractivity contribution is -0.159. The monoisotopic (exact) mass is 474 g/mol. The average molecular weight is 475 g/mol. The number of hydrogen-bond acceptors (Lipinski definition) is 4. The Balaban J connectivity index is 1.41. The number of benzene rings is 2. The molecule has 0 unspecified atom stereocenters. The minimum absolute atomic E-state index is 0.215. The van der Waals surface area contributed by atoms with Crippen molar-refractivity contribution in [2.24, 2.45) is 0 Å². The molecule has 174 valence electrons. The van der Waals surface area contributed by atoms with Crippen molar-refractivity contribution in [1.29, 1.82) is 0 Å². The molecule has 2 fully saturated rings. The fraction of sp³-hybridized carbons (Fsp3) is 0.429. The van der Waals surface area contributed by atoms with E-state index in [0.717, 1.165) is 62.0 Å². The molecule has 1 saturated heterocycles. The molecular formula is C28H27ClN2O3. The summed E-state index contributed by atoms with van der Waals surface area (Å²) in [6, 6.07) is 12.5. The second-order valence-corrected chi connectivity index (χ2v) is 10.5. The molecule has 2 aliphatic heterocycles. The second kappa shape index (κ2) is 7.51. The number of allylic oxidation sites excluding steroid dienone is 1. The Kier molecular flexibility index (Phi) is 4.61. The van der Waals surface area contributed by atoms with Gasteiger partial charge in [0.05, 0.1) is 40.2 Å². The summed E-state index contributed by atoms with van der Waals surface area (Å²) in [5.41, 5.74) is 5.47. The first-order valence-corrected chi connectivity index (χ1v) is 12.8. The lowest BCUT2D eigenvalue weighted by Gasteiger charge is -2.34. The minimum Gasteiger partial charge on any atom is -0.347 e. The van der Waals surface area contributed by atoms with Crippen LogP contribution < -0.4 is 5.56 Å². The van der Waals surface area contributed by atoms with E-state index in [1.807, 2.05) is 12.1 Å². The Hall–Kier alpha value is -2.47. The third-order valence-corrected chi connectivity index (χ3v) is 8.69. The summed E-state index contributed by atoms with van der Waals surface area (Å²) < 4.78 is 14.0. The number of rotatable bonds is 1. The molecule has 6 heteroatoms. The Morgan fingerprint density at radius 1 is 1.00 bits per heavy atom. The number of halogens is 1. The average Bonchev–Trinajstić information content (AvgIpc) is 3.41. The second-order valence-electron chi connectivity index (χ2n) is 10.1. The topological polar surface area (TPSA) is 53.4 Å². The van der Waals surface area contributed by atoms with Crippen LogP contribution in [0.4, 0.5) is 0 Å². The van der Waals surface area contributed by atoms with Crippen LogP contribution in [0.1, 0.15) is 68.3 Å². The van der Waals surface area contributed by atoms with E-state index in [9.17, 15) is 4.79 Å². The van der Waals surface area contributed by atoms with Crippen LogP contribution in [0.3, 0.4) is 0 Å². The van der Waals surface area contributed by atoms with E-state index in [0.29, 0.717) is 23.6 Å².